The van der Waals surface area contributed by atoms with Crippen LogP contribution in [0.25, 0.3) is 11.0 Å². The van der Waals surface area contributed by atoms with Gasteiger partial charge in [0.05, 0.1) is 11.1 Å². The second kappa shape index (κ2) is 4.16. The van der Waals surface area contributed by atoms with Crippen LogP contribution in [0.3, 0.4) is 0 Å². The second-order valence-electron chi connectivity index (χ2n) is 4.44. The summed E-state index contributed by atoms with van der Waals surface area (Å²) in [6.45, 7) is 4.07. The highest BCUT2D eigenvalue weighted by atomic mass is 19.1. The molecule has 0 amide bonds. The van der Waals surface area contributed by atoms with Crippen molar-refractivity contribution in [2.75, 3.05) is 0 Å². The summed E-state index contributed by atoms with van der Waals surface area (Å²) in [6, 6.07) is 2.25. The van der Waals surface area contributed by atoms with E-state index in [4.69, 9.17) is 5.11 Å². The van der Waals surface area contributed by atoms with Crippen LogP contribution < -0.4 is 0 Å². The second-order valence-corrected chi connectivity index (χ2v) is 4.44. The van der Waals surface area contributed by atoms with Gasteiger partial charge >= 0.3 is 5.97 Å². The predicted molar refractivity (Wildman–Crippen MR) is 61.6 cm³/mol. The Balaban J connectivity index is 2.59. The van der Waals surface area contributed by atoms with Crippen LogP contribution >= 0.6 is 0 Å². The third kappa shape index (κ3) is 2.27. The lowest BCUT2D eigenvalue weighted by Gasteiger charge is -1.98. The van der Waals surface area contributed by atoms with Crippen LogP contribution in [0.1, 0.15) is 30.0 Å². The molecule has 17 heavy (non-hydrogen) atoms. The Morgan fingerprint density at radius 2 is 2.24 bits per heavy atom. The zero-order chi connectivity index (χ0) is 12.6. The summed E-state index contributed by atoms with van der Waals surface area (Å²) < 4.78 is 13.2. The number of benzene rings is 1. The van der Waals surface area contributed by atoms with Gasteiger partial charge in [0.25, 0.3) is 0 Å². The van der Waals surface area contributed by atoms with Gasteiger partial charge in [-0.15, -0.1) is 0 Å². The quantitative estimate of drug-likeness (QED) is 0.860. The molecule has 90 valence electrons. The van der Waals surface area contributed by atoms with E-state index in [1.54, 1.807) is 0 Å². The Kier molecular flexibility index (Phi) is 2.83. The van der Waals surface area contributed by atoms with Crippen molar-refractivity contribution in [1.82, 2.24) is 9.97 Å². The minimum atomic E-state index is -1.17. The van der Waals surface area contributed by atoms with Gasteiger partial charge in [-0.25, -0.2) is 14.2 Å². The van der Waals surface area contributed by atoms with E-state index in [9.17, 15) is 9.18 Å². The number of aromatic carboxylic acids is 1. The molecular weight excluding hydrogens is 223 g/mol. The average molecular weight is 236 g/mol. The lowest BCUT2D eigenvalue weighted by Crippen LogP contribution is -1.99. The molecule has 2 aromatic rings. The summed E-state index contributed by atoms with van der Waals surface area (Å²) in [5, 5.41) is 8.98. The summed E-state index contributed by atoms with van der Waals surface area (Å²) in [4.78, 5) is 18.1. The van der Waals surface area contributed by atoms with E-state index < -0.39 is 11.8 Å². The van der Waals surface area contributed by atoms with Crippen LogP contribution in [0.15, 0.2) is 12.1 Å². The molecule has 0 radical (unpaired) electrons. The molecule has 2 rings (SSSR count). The smallest absolute Gasteiger partial charge is 0.338 e. The number of carboxylic acids is 1. The normalized spacial score (nSPS) is 11.3. The van der Waals surface area contributed by atoms with Crippen molar-refractivity contribution in [2.24, 2.45) is 5.92 Å². The third-order valence-corrected chi connectivity index (χ3v) is 2.43. The summed E-state index contributed by atoms with van der Waals surface area (Å²) >= 11 is 0. The highest BCUT2D eigenvalue weighted by molar-refractivity contribution is 6.00. The molecule has 5 heteroatoms. The third-order valence-electron chi connectivity index (χ3n) is 2.43. The van der Waals surface area contributed by atoms with Crippen molar-refractivity contribution in [1.29, 1.82) is 0 Å². The number of H-pyrrole nitrogens is 1. The summed E-state index contributed by atoms with van der Waals surface area (Å²) in [5.74, 6) is -0.663. The molecular formula is C12H13FN2O2. The van der Waals surface area contributed by atoms with Gasteiger partial charge < -0.3 is 10.1 Å². The van der Waals surface area contributed by atoms with Gasteiger partial charge in [-0.05, 0) is 18.1 Å². The Morgan fingerprint density at radius 3 is 2.82 bits per heavy atom. The number of hydrogen-bond donors (Lipinski definition) is 2. The first-order valence-corrected chi connectivity index (χ1v) is 5.39. The molecule has 0 aliphatic carbocycles. The van der Waals surface area contributed by atoms with Crippen LogP contribution in [-0.4, -0.2) is 21.0 Å². The highest BCUT2D eigenvalue weighted by Crippen LogP contribution is 2.20. The summed E-state index contributed by atoms with van der Waals surface area (Å²) in [5.41, 5.74) is 0.638. The molecule has 0 saturated carbocycles. The Hall–Kier alpha value is -1.91. The molecule has 0 fully saturated rings. The summed E-state index contributed by atoms with van der Waals surface area (Å²) in [6.07, 6.45) is 0.704. The molecule has 0 atom stereocenters. The number of nitrogens with one attached hydrogen (secondary N) is 1. The maximum Gasteiger partial charge on any atom is 0.338 e. The number of rotatable bonds is 3. The lowest BCUT2D eigenvalue weighted by atomic mass is 10.1. The van der Waals surface area contributed by atoms with Gasteiger partial charge in [0.1, 0.15) is 17.2 Å². The molecule has 1 heterocycles. The van der Waals surface area contributed by atoms with Crippen molar-refractivity contribution in [3.05, 3.63) is 29.3 Å². The molecule has 4 nitrogen and oxygen atoms in total. The van der Waals surface area contributed by atoms with Crippen molar-refractivity contribution < 1.29 is 14.3 Å². The van der Waals surface area contributed by atoms with E-state index in [1.807, 2.05) is 13.8 Å². The Labute approximate surface area is 97.5 Å². The van der Waals surface area contributed by atoms with E-state index in [-0.39, 0.29) is 5.56 Å². The molecule has 1 aromatic heterocycles. The van der Waals surface area contributed by atoms with Crippen molar-refractivity contribution in [2.45, 2.75) is 20.3 Å². The lowest BCUT2D eigenvalue weighted by molar-refractivity contribution is 0.0698. The molecule has 2 N–H and O–H groups in total. The summed E-state index contributed by atoms with van der Waals surface area (Å²) in [7, 11) is 0. The minimum Gasteiger partial charge on any atom is -0.478 e. The van der Waals surface area contributed by atoms with Crippen LogP contribution in [0.4, 0.5) is 4.39 Å². The SMILES string of the molecule is CC(C)Cc1nc2c(C(=O)O)cc(F)cc2[nH]1. The van der Waals surface area contributed by atoms with E-state index in [1.165, 1.54) is 6.07 Å². The van der Waals surface area contributed by atoms with Gasteiger partial charge in [0, 0.05) is 6.42 Å². The number of carboxylic acid groups (broad SMARTS) is 1. The fourth-order valence-corrected chi connectivity index (χ4v) is 1.78. The van der Waals surface area contributed by atoms with E-state index in [0.29, 0.717) is 29.2 Å². The zero-order valence-corrected chi connectivity index (χ0v) is 9.62. The topological polar surface area (TPSA) is 66.0 Å². The minimum absolute atomic E-state index is 0.105. The standard InChI is InChI=1S/C12H13FN2O2/c1-6(2)3-10-14-9-5-7(13)4-8(12(16)17)11(9)15-10/h4-6H,3H2,1-2H3,(H,14,15)(H,16,17). The van der Waals surface area contributed by atoms with Gasteiger partial charge in [0.15, 0.2) is 0 Å². The fraction of sp³-hybridized carbons (Fsp3) is 0.333. The van der Waals surface area contributed by atoms with E-state index in [0.717, 1.165) is 6.07 Å². The number of carbonyl (C=O) groups is 1. The van der Waals surface area contributed by atoms with Gasteiger partial charge in [0.2, 0.25) is 0 Å². The molecule has 0 aliphatic rings. The van der Waals surface area contributed by atoms with Gasteiger partial charge in [-0.3, -0.25) is 0 Å². The maximum atomic E-state index is 13.2. The molecule has 0 spiro atoms. The fourth-order valence-electron chi connectivity index (χ4n) is 1.78. The number of hydrogen-bond acceptors (Lipinski definition) is 2. The van der Waals surface area contributed by atoms with Gasteiger partial charge in [-0.1, -0.05) is 13.8 Å². The molecule has 0 bridgehead atoms. The Morgan fingerprint density at radius 1 is 1.53 bits per heavy atom. The largest absolute Gasteiger partial charge is 0.478 e. The number of fused-ring (bicyclic) bond motifs is 1. The molecule has 0 saturated heterocycles. The number of halogens is 1. The van der Waals surface area contributed by atoms with Crippen LogP contribution in [-0.2, 0) is 6.42 Å². The monoisotopic (exact) mass is 236 g/mol. The zero-order valence-electron chi connectivity index (χ0n) is 9.62. The molecule has 0 unspecified atom stereocenters. The van der Waals surface area contributed by atoms with E-state index >= 15 is 0 Å². The average Bonchev–Trinajstić information content (AvgIpc) is 2.56. The van der Waals surface area contributed by atoms with Crippen LogP contribution in [0.5, 0.6) is 0 Å². The molecule has 1 aromatic carbocycles. The van der Waals surface area contributed by atoms with Crippen molar-refractivity contribution >= 4 is 17.0 Å². The highest BCUT2D eigenvalue weighted by Gasteiger charge is 2.15. The molecule has 0 aliphatic heterocycles. The first-order chi connectivity index (χ1) is 7.97. The first-order valence-electron chi connectivity index (χ1n) is 5.39. The first kappa shape index (κ1) is 11.6. The van der Waals surface area contributed by atoms with Crippen LogP contribution in [0.2, 0.25) is 0 Å². The van der Waals surface area contributed by atoms with Gasteiger partial charge in [-0.2, -0.15) is 0 Å². The van der Waals surface area contributed by atoms with Crippen molar-refractivity contribution in [3.8, 4) is 0 Å². The number of aromatic nitrogens is 2. The van der Waals surface area contributed by atoms with Crippen molar-refractivity contribution in [3.63, 3.8) is 0 Å². The number of imidazole rings is 1. The maximum absolute atomic E-state index is 13.2. The predicted octanol–water partition coefficient (Wildman–Crippen LogP) is 2.60. The Bertz CT molecular complexity index is 575. The number of aromatic amines is 1. The van der Waals surface area contributed by atoms with E-state index in [2.05, 4.69) is 9.97 Å². The number of nitrogens with zero attached hydrogens (tertiary/aromatic N) is 1. The van der Waals surface area contributed by atoms with Crippen LogP contribution in [0, 0.1) is 11.7 Å².